The number of hydrogen-bond donors (Lipinski definition) is 0. The largest absolute Gasteiger partial charge is 0.297 e. The summed E-state index contributed by atoms with van der Waals surface area (Å²) in [4.78, 5) is 11.1. The van der Waals surface area contributed by atoms with Gasteiger partial charge < -0.3 is 0 Å². The maximum absolute atomic E-state index is 4.49. The summed E-state index contributed by atoms with van der Waals surface area (Å²) in [7, 11) is 0. The molecule has 3 heterocycles. The van der Waals surface area contributed by atoms with Crippen molar-refractivity contribution in [3.63, 3.8) is 0 Å². The van der Waals surface area contributed by atoms with Gasteiger partial charge in [-0.15, -0.1) is 0 Å². The molecule has 3 rings (SSSR count). The Morgan fingerprint density at radius 3 is 2.93 bits per heavy atom. The fourth-order valence-corrected chi connectivity index (χ4v) is 2.13. The number of hydrogen-bond acceptors (Lipinski definition) is 3. The molecule has 0 radical (unpaired) electrons. The molecule has 0 N–H and O–H groups in total. The zero-order valence-corrected chi connectivity index (χ0v) is 8.63. The minimum Gasteiger partial charge on any atom is -0.297 e. The summed E-state index contributed by atoms with van der Waals surface area (Å²) in [5.74, 6) is 0.798. The molecule has 4 heteroatoms. The quantitative estimate of drug-likeness (QED) is 0.736. The first kappa shape index (κ1) is 8.85. The Morgan fingerprint density at radius 2 is 2.13 bits per heavy atom. The van der Waals surface area contributed by atoms with Crippen molar-refractivity contribution in [1.29, 1.82) is 0 Å². The second kappa shape index (κ2) is 3.62. The third kappa shape index (κ3) is 1.72. The van der Waals surface area contributed by atoms with E-state index < -0.39 is 0 Å². The smallest absolute Gasteiger partial charge is 0.233 e. The molecule has 0 aromatic carbocycles. The maximum Gasteiger partial charge on any atom is 0.233 e. The van der Waals surface area contributed by atoms with Crippen LogP contribution in [-0.4, -0.2) is 32.4 Å². The Kier molecular flexibility index (Phi) is 2.14. The molecule has 0 aliphatic carbocycles. The number of rotatable bonds is 2. The van der Waals surface area contributed by atoms with Crippen molar-refractivity contribution in [2.45, 2.75) is 19.4 Å². The number of nitrogens with zero attached hydrogens (tertiary/aromatic N) is 4. The van der Waals surface area contributed by atoms with E-state index in [1.54, 1.807) is 6.20 Å². The van der Waals surface area contributed by atoms with Crippen LogP contribution in [0.1, 0.15) is 18.5 Å². The standard InChI is InChI=1S/C11H14N4/c1-2-6-14(5-1)8-10-9-15-7-3-4-12-11(15)13-10/h3-4,7,9H,1-2,5-6,8H2. The predicted octanol–water partition coefficient (Wildman–Crippen LogP) is 1.33. The fraction of sp³-hybridized carbons (Fsp3) is 0.455. The van der Waals surface area contributed by atoms with E-state index in [0.717, 1.165) is 18.0 Å². The average molecular weight is 202 g/mol. The second-order valence-corrected chi connectivity index (χ2v) is 4.04. The lowest BCUT2D eigenvalue weighted by Gasteiger charge is -2.11. The van der Waals surface area contributed by atoms with Gasteiger partial charge in [-0.05, 0) is 32.0 Å². The van der Waals surface area contributed by atoms with Gasteiger partial charge in [-0.25, -0.2) is 9.97 Å². The van der Waals surface area contributed by atoms with Gasteiger partial charge in [0.05, 0.1) is 5.69 Å². The Hall–Kier alpha value is -1.42. The van der Waals surface area contributed by atoms with Crippen LogP contribution >= 0.6 is 0 Å². The van der Waals surface area contributed by atoms with Gasteiger partial charge in [0, 0.05) is 25.1 Å². The van der Waals surface area contributed by atoms with Crippen LogP contribution in [0, 0.1) is 0 Å². The van der Waals surface area contributed by atoms with Gasteiger partial charge in [0.1, 0.15) is 0 Å². The van der Waals surface area contributed by atoms with Crippen LogP contribution in [-0.2, 0) is 6.54 Å². The van der Waals surface area contributed by atoms with Crippen molar-refractivity contribution in [1.82, 2.24) is 19.3 Å². The lowest BCUT2D eigenvalue weighted by Crippen LogP contribution is -2.18. The highest BCUT2D eigenvalue weighted by atomic mass is 15.2. The molecule has 1 aliphatic heterocycles. The molecule has 1 aliphatic rings. The topological polar surface area (TPSA) is 33.4 Å². The molecule has 78 valence electrons. The Balaban J connectivity index is 1.84. The van der Waals surface area contributed by atoms with Gasteiger partial charge in [0.2, 0.25) is 5.78 Å². The third-order valence-electron chi connectivity index (χ3n) is 2.87. The molecule has 2 aromatic rings. The van der Waals surface area contributed by atoms with E-state index in [0.29, 0.717) is 0 Å². The first-order valence-corrected chi connectivity index (χ1v) is 5.43. The lowest BCUT2D eigenvalue weighted by atomic mass is 10.4. The molecule has 15 heavy (non-hydrogen) atoms. The predicted molar refractivity (Wildman–Crippen MR) is 57.5 cm³/mol. The summed E-state index contributed by atoms with van der Waals surface area (Å²) < 4.78 is 1.98. The second-order valence-electron chi connectivity index (χ2n) is 4.04. The molecule has 1 fully saturated rings. The minimum atomic E-state index is 0.798. The number of imidazole rings is 1. The highest BCUT2D eigenvalue weighted by molar-refractivity contribution is 5.29. The van der Waals surface area contributed by atoms with Crippen LogP contribution in [0.5, 0.6) is 0 Å². The van der Waals surface area contributed by atoms with E-state index in [-0.39, 0.29) is 0 Å². The van der Waals surface area contributed by atoms with Crippen LogP contribution in [0.3, 0.4) is 0 Å². The van der Waals surface area contributed by atoms with Gasteiger partial charge in [-0.2, -0.15) is 0 Å². The summed E-state index contributed by atoms with van der Waals surface area (Å²) >= 11 is 0. The molecule has 0 unspecified atom stereocenters. The normalized spacial score (nSPS) is 17.6. The Morgan fingerprint density at radius 1 is 1.27 bits per heavy atom. The van der Waals surface area contributed by atoms with E-state index in [9.17, 15) is 0 Å². The van der Waals surface area contributed by atoms with Crippen molar-refractivity contribution in [3.05, 3.63) is 30.4 Å². The zero-order chi connectivity index (χ0) is 10.1. The lowest BCUT2D eigenvalue weighted by molar-refractivity contribution is 0.328. The van der Waals surface area contributed by atoms with E-state index in [1.807, 2.05) is 16.7 Å². The molecule has 0 saturated carbocycles. The average Bonchev–Trinajstić information content (AvgIpc) is 2.86. The molecular weight excluding hydrogens is 188 g/mol. The Bertz CT molecular complexity index is 423. The van der Waals surface area contributed by atoms with Gasteiger partial charge in [0.25, 0.3) is 0 Å². The molecule has 0 atom stereocenters. The van der Waals surface area contributed by atoms with E-state index in [2.05, 4.69) is 21.1 Å². The molecule has 4 nitrogen and oxygen atoms in total. The highest BCUT2D eigenvalue weighted by Crippen LogP contribution is 2.12. The maximum atomic E-state index is 4.49. The van der Waals surface area contributed by atoms with Crippen molar-refractivity contribution in [2.75, 3.05) is 13.1 Å². The molecule has 0 amide bonds. The molecule has 1 saturated heterocycles. The number of fused-ring (bicyclic) bond motifs is 1. The summed E-state index contributed by atoms with van der Waals surface area (Å²) in [6.45, 7) is 3.38. The van der Waals surface area contributed by atoms with Crippen molar-refractivity contribution < 1.29 is 0 Å². The van der Waals surface area contributed by atoms with Crippen LogP contribution in [0.15, 0.2) is 24.7 Å². The first-order chi connectivity index (χ1) is 7.42. The van der Waals surface area contributed by atoms with Crippen molar-refractivity contribution in [3.8, 4) is 0 Å². The summed E-state index contributed by atoms with van der Waals surface area (Å²) in [6.07, 6.45) is 8.49. The van der Waals surface area contributed by atoms with Crippen molar-refractivity contribution in [2.24, 2.45) is 0 Å². The number of likely N-dealkylation sites (tertiary alicyclic amines) is 1. The summed E-state index contributed by atoms with van der Waals surface area (Å²) in [5.41, 5.74) is 1.12. The SMILES string of the molecule is c1cnc2nc(CN3CCCC3)cn2c1. The molecular formula is C11H14N4. The molecule has 0 spiro atoms. The minimum absolute atomic E-state index is 0.798. The highest BCUT2D eigenvalue weighted by Gasteiger charge is 2.13. The molecule has 2 aromatic heterocycles. The van der Waals surface area contributed by atoms with E-state index in [4.69, 9.17) is 0 Å². The molecule has 0 bridgehead atoms. The van der Waals surface area contributed by atoms with Gasteiger partial charge >= 0.3 is 0 Å². The summed E-state index contributed by atoms with van der Waals surface area (Å²) in [5, 5.41) is 0. The van der Waals surface area contributed by atoms with Crippen LogP contribution in [0.4, 0.5) is 0 Å². The number of aromatic nitrogens is 3. The fourth-order valence-electron chi connectivity index (χ4n) is 2.13. The van der Waals surface area contributed by atoms with E-state index >= 15 is 0 Å². The third-order valence-corrected chi connectivity index (χ3v) is 2.87. The summed E-state index contributed by atoms with van der Waals surface area (Å²) in [6, 6.07) is 1.92. The first-order valence-electron chi connectivity index (χ1n) is 5.43. The van der Waals surface area contributed by atoms with Crippen LogP contribution < -0.4 is 0 Å². The van der Waals surface area contributed by atoms with Crippen LogP contribution in [0.25, 0.3) is 5.78 Å². The zero-order valence-electron chi connectivity index (χ0n) is 8.63. The van der Waals surface area contributed by atoms with Gasteiger partial charge in [0.15, 0.2) is 0 Å². The van der Waals surface area contributed by atoms with Crippen molar-refractivity contribution >= 4 is 5.78 Å². The van der Waals surface area contributed by atoms with E-state index in [1.165, 1.54) is 25.9 Å². The van der Waals surface area contributed by atoms with Crippen LogP contribution in [0.2, 0.25) is 0 Å². The Labute approximate surface area is 88.6 Å². The van der Waals surface area contributed by atoms with Gasteiger partial charge in [-0.1, -0.05) is 0 Å². The van der Waals surface area contributed by atoms with Gasteiger partial charge in [-0.3, -0.25) is 9.30 Å². The monoisotopic (exact) mass is 202 g/mol.